The highest BCUT2D eigenvalue weighted by Crippen LogP contribution is 2.33. The Labute approximate surface area is 196 Å². The number of piperidine rings is 1. The van der Waals surface area contributed by atoms with Crippen molar-refractivity contribution >= 4 is 15.9 Å². The van der Waals surface area contributed by atoms with Crippen molar-refractivity contribution in [2.75, 3.05) is 26.3 Å². The van der Waals surface area contributed by atoms with Crippen LogP contribution in [0.3, 0.4) is 0 Å². The van der Waals surface area contributed by atoms with E-state index in [9.17, 15) is 13.2 Å². The molecular weight excluding hydrogens is 440 g/mol. The van der Waals surface area contributed by atoms with Gasteiger partial charge in [-0.25, -0.2) is 8.42 Å². The van der Waals surface area contributed by atoms with E-state index in [1.807, 2.05) is 37.3 Å². The first-order chi connectivity index (χ1) is 15.8. The fourth-order valence-electron chi connectivity index (χ4n) is 4.28. The molecule has 2 aromatic carbocycles. The third kappa shape index (κ3) is 5.17. The van der Waals surface area contributed by atoms with E-state index in [0.29, 0.717) is 55.7 Å². The lowest BCUT2D eigenvalue weighted by Gasteiger charge is -2.31. The summed E-state index contributed by atoms with van der Waals surface area (Å²) in [6.45, 7) is 7.82. The largest absolute Gasteiger partial charge is 0.486 e. The number of nitrogens with zero attached hydrogens (tertiary/aromatic N) is 1. The van der Waals surface area contributed by atoms with Gasteiger partial charge in [-0.3, -0.25) is 4.79 Å². The van der Waals surface area contributed by atoms with Gasteiger partial charge in [0, 0.05) is 19.0 Å². The minimum Gasteiger partial charge on any atom is -0.486 e. The zero-order valence-corrected chi connectivity index (χ0v) is 20.2. The van der Waals surface area contributed by atoms with E-state index in [4.69, 9.17) is 9.47 Å². The highest BCUT2D eigenvalue weighted by Gasteiger charge is 2.32. The molecule has 1 amide bonds. The summed E-state index contributed by atoms with van der Waals surface area (Å²) in [7, 11) is -3.55. The van der Waals surface area contributed by atoms with Gasteiger partial charge in [-0.05, 0) is 61.1 Å². The number of fused-ring (bicyclic) bond motifs is 1. The average Bonchev–Trinajstić information content (AvgIpc) is 2.83. The third-order valence-electron chi connectivity index (χ3n) is 6.43. The van der Waals surface area contributed by atoms with E-state index in [1.165, 1.54) is 4.31 Å². The maximum Gasteiger partial charge on any atom is 0.243 e. The van der Waals surface area contributed by atoms with Crippen LogP contribution in [0.2, 0.25) is 0 Å². The maximum atomic E-state index is 13.0. The Balaban J connectivity index is 1.34. The average molecular weight is 473 g/mol. The van der Waals surface area contributed by atoms with Crippen LogP contribution < -0.4 is 14.8 Å². The van der Waals surface area contributed by atoms with Crippen LogP contribution >= 0.6 is 0 Å². The molecule has 178 valence electrons. The van der Waals surface area contributed by atoms with Crippen LogP contribution in [0, 0.1) is 5.92 Å². The number of ether oxygens (including phenoxy) is 2. The minimum absolute atomic E-state index is 0.0456. The molecule has 0 saturated carbocycles. The Morgan fingerprint density at radius 1 is 0.939 bits per heavy atom. The summed E-state index contributed by atoms with van der Waals surface area (Å²) < 4.78 is 38.7. The minimum atomic E-state index is -3.55. The fourth-order valence-corrected chi connectivity index (χ4v) is 5.75. The molecule has 1 atom stereocenters. The van der Waals surface area contributed by atoms with Crippen molar-refractivity contribution in [3.63, 3.8) is 0 Å². The predicted molar refractivity (Wildman–Crippen MR) is 126 cm³/mol. The normalized spacial score (nSPS) is 18.2. The highest BCUT2D eigenvalue weighted by atomic mass is 32.2. The molecule has 7 nitrogen and oxygen atoms in total. The molecule has 0 aromatic heterocycles. The van der Waals surface area contributed by atoms with E-state index >= 15 is 0 Å². The molecule has 0 bridgehead atoms. The van der Waals surface area contributed by atoms with Gasteiger partial charge in [-0.15, -0.1) is 0 Å². The topological polar surface area (TPSA) is 84.9 Å². The zero-order chi connectivity index (χ0) is 23.6. The summed E-state index contributed by atoms with van der Waals surface area (Å²) >= 11 is 0. The van der Waals surface area contributed by atoms with Crippen molar-refractivity contribution in [3.05, 3.63) is 53.6 Å². The van der Waals surface area contributed by atoms with Crippen LogP contribution in [0.4, 0.5) is 0 Å². The van der Waals surface area contributed by atoms with Gasteiger partial charge in [-0.2, -0.15) is 4.31 Å². The molecule has 0 radical (unpaired) electrons. The number of benzene rings is 2. The Morgan fingerprint density at radius 3 is 2.18 bits per heavy atom. The van der Waals surface area contributed by atoms with Gasteiger partial charge in [0.15, 0.2) is 11.5 Å². The van der Waals surface area contributed by atoms with Gasteiger partial charge in [0.25, 0.3) is 0 Å². The van der Waals surface area contributed by atoms with Crippen molar-refractivity contribution in [2.24, 2.45) is 5.92 Å². The molecule has 0 spiro atoms. The van der Waals surface area contributed by atoms with Crippen molar-refractivity contribution in [1.29, 1.82) is 0 Å². The molecule has 2 aromatic rings. The maximum absolute atomic E-state index is 13.0. The molecule has 1 N–H and O–H groups in total. The standard InChI is InChI=1S/C25H32N2O5S/c1-17(2)19-4-7-22(8-5-19)33(29,30)27-12-10-20(11-13-27)25(28)26-18(3)21-6-9-23-24(16-21)32-15-14-31-23/h4-9,16-18,20H,10-15H2,1-3H3,(H,26,28)/t18-/m0/s1. The number of carbonyl (C=O) groups excluding carboxylic acids is 1. The number of rotatable bonds is 6. The molecule has 4 rings (SSSR count). The number of amides is 1. The van der Waals surface area contributed by atoms with Crippen LogP contribution in [0.15, 0.2) is 47.4 Å². The molecule has 2 heterocycles. The Bertz CT molecular complexity index is 1090. The second-order valence-electron chi connectivity index (χ2n) is 9.04. The van der Waals surface area contributed by atoms with Gasteiger partial charge in [0.1, 0.15) is 13.2 Å². The molecule has 33 heavy (non-hydrogen) atoms. The summed E-state index contributed by atoms with van der Waals surface area (Å²) in [5.41, 5.74) is 2.05. The van der Waals surface area contributed by atoms with Gasteiger partial charge in [-0.1, -0.05) is 32.0 Å². The molecular formula is C25H32N2O5S. The lowest BCUT2D eigenvalue weighted by molar-refractivity contribution is -0.126. The lowest BCUT2D eigenvalue weighted by Crippen LogP contribution is -2.43. The van der Waals surface area contributed by atoms with E-state index in [1.54, 1.807) is 12.1 Å². The first kappa shape index (κ1) is 23.6. The summed E-state index contributed by atoms with van der Waals surface area (Å²) in [5, 5.41) is 3.07. The smallest absolute Gasteiger partial charge is 0.243 e. The van der Waals surface area contributed by atoms with Crippen molar-refractivity contribution < 1.29 is 22.7 Å². The van der Waals surface area contributed by atoms with Crippen molar-refractivity contribution in [2.45, 2.75) is 50.5 Å². The third-order valence-corrected chi connectivity index (χ3v) is 8.35. The summed E-state index contributed by atoms with van der Waals surface area (Å²) in [6, 6.07) is 12.6. The molecule has 1 saturated heterocycles. The van der Waals surface area contributed by atoms with Gasteiger partial charge in [0.2, 0.25) is 15.9 Å². The van der Waals surface area contributed by atoms with E-state index in [-0.39, 0.29) is 17.9 Å². The SMILES string of the molecule is CC(C)c1ccc(S(=O)(=O)N2CCC(C(=O)N[C@@H](C)c3ccc4c(c3)OCCO4)CC2)cc1. The number of hydrogen-bond donors (Lipinski definition) is 1. The van der Waals surface area contributed by atoms with Gasteiger partial charge >= 0.3 is 0 Å². The number of hydrogen-bond acceptors (Lipinski definition) is 5. The molecule has 2 aliphatic rings. The number of sulfonamides is 1. The lowest BCUT2D eigenvalue weighted by atomic mass is 9.96. The number of nitrogens with one attached hydrogen (secondary N) is 1. The molecule has 8 heteroatoms. The molecule has 1 fully saturated rings. The van der Waals surface area contributed by atoms with E-state index < -0.39 is 10.0 Å². The zero-order valence-electron chi connectivity index (χ0n) is 19.4. The molecule has 2 aliphatic heterocycles. The van der Waals surface area contributed by atoms with Crippen LogP contribution in [-0.4, -0.2) is 44.9 Å². The summed E-state index contributed by atoms with van der Waals surface area (Å²) in [6.07, 6.45) is 1.01. The monoisotopic (exact) mass is 472 g/mol. The Morgan fingerprint density at radius 2 is 1.55 bits per heavy atom. The fraction of sp³-hybridized carbons (Fsp3) is 0.480. The second kappa shape index (κ2) is 9.73. The van der Waals surface area contributed by atoms with Crippen LogP contribution in [0.25, 0.3) is 0 Å². The first-order valence-corrected chi connectivity index (χ1v) is 13.0. The second-order valence-corrected chi connectivity index (χ2v) is 11.0. The highest BCUT2D eigenvalue weighted by molar-refractivity contribution is 7.89. The Kier molecular flexibility index (Phi) is 6.95. The quantitative estimate of drug-likeness (QED) is 0.690. The summed E-state index contributed by atoms with van der Waals surface area (Å²) in [4.78, 5) is 13.2. The van der Waals surface area contributed by atoms with Crippen LogP contribution in [0.5, 0.6) is 11.5 Å². The molecule has 0 unspecified atom stereocenters. The Hall–Kier alpha value is -2.58. The van der Waals surface area contributed by atoms with Gasteiger partial charge in [0.05, 0.1) is 10.9 Å². The van der Waals surface area contributed by atoms with Crippen LogP contribution in [-0.2, 0) is 14.8 Å². The first-order valence-electron chi connectivity index (χ1n) is 11.6. The van der Waals surface area contributed by atoms with Gasteiger partial charge < -0.3 is 14.8 Å². The number of carbonyl (C=O) groups is 1. The molecule has 0 aliphatic carbocycles. The van der Waals surface area contributed by atoms with Crippen molar-refractivity contribution in [3.8, 4) is 11.5 Å². The van der Waals surface area contributed by atoms with E-state index in [0.717, 1.165) is 16.9 Å². The van der Waals surface area contributed by atoms with E-state index in [2.05, 4.69) is 19.2 Å². The van der Waals surface area contributed by atoms with Crippen molar-refractivity contribution in [1.82, 2.24) is 9.62 Å². The summed E-state index contributed by atoms with van der Waals surface area (Å²) in [5.74, 6) is 1.51. The predicted octanol–water partition coefficient (Wildman–Crippen LogP) is 3.86. The van der Waals surface area contributed by atoms with Crippen LogP contribution in [0.1, 0.15) is 56.7 Å².